The van der Waals surface area contributed by atoms with Gasteiger partial charge in [0.15, 0.2) is 0 Å². The van der Waals surface area contributed by atoms with E-state index in [2.05, 4.69) is 45.4 Å². The minimum atomic E-state index is 0.0784. The normalized spacial score (nSPS) is 15.1. The molecule has 2 aromatic heterocycles. The molecule has 0 saturated heterocycles. The maximum Gasteiger partial charge on any atom is 0.224 e. The molecule has 1 amide bonds. The summed E-state index contributed by atoms with van der Waals surface area (Å²) in [6.07, 6.45) is 12.6. The molecule has 5 nitrogen and oxygen atoms in total. The van der Waals surface area contributed by atoms with E-state index < -0.39 is 0 Å². The number of likely N-dealkylation sites (N-methyl/N-ethyl adjacent to an activating group) is 1. The van der Waals surface area contributed by atoms with E-state index in [4.69, 9.17) is 0 Å². The first-order chi connectivity index (χ1) is 14.2. The zero-order valence-electron chi connectivity index (χ0n) is 17.2. The first-order valence-corrected chi connectivity index (χ1v) is 10.7. The Morgan fingerprint density at radius 1 is 1.21 bits per heavy atom. The molecule has 1 aliphatic rings. The number of carbonyl (C=O) groups excluding carboxylic acids is 1. The highest BCUT2D eigenvalue weighted by Crippen LogP contribution is 2.29. The maximum atomic E-state index is 12.5. The molecule has 1 fully saturated rings. The molecule has 0 atom stereocenters. The Morgan fingerprint density at radius 2 is 2.07 bits per heavy atom. The molecule has 1 aliphatic carbocycles. The van der Waals surface area contributed by atoms with E-state index in [0.29, 0.717) is 19.0 Å². The van der Waals surface area contributed by atoms with Crippen molar-refractivity contribution in [2.45, 2.75) is 44.6 Å². The first kappa shape index (κ1) is 19.6. The summed E-state index contributed by atoms with van der Waals surface area (Å²) in [6, 6.07) is 10.9. The molecule has 0 spiro atoms. The molecule has 5 heteroatoms. The van der Waals surface area contributed by atoms with Gasteiger partial charge in [-0.1, -0.05) is 43.5 Å². The molecule has 0 bridgehead atoms. The van der Waals surface area contributed by atoms with Gasteiger partial charge in [0.1, 0.15) is 0 Å². The second-order valence-corrected chi connectivity index (χ2v) is 8.08. The summed E-state index contributed by atoms with van der Waals surface area (Å²) < 4.78 is 0. The summed E-state index contributed by atoms with van der Waals surface area (Å²) >= 11 is 0. The number of hydrogen-bond acceptors (Lipinski definition) is 3. The van der Waals surface area contributed by atoms with Crippen molar-refractivity contribution >= 4 is 16.8 Å². The summed E-state index contributed by atoms with van der Waals surface area (Å²) in [5.74, 6) is 0.0784. The molecule has 0 radical (unpaired) electrons. The predicted molar refractivity (Wildman–Crippen MR) is 118 cm³/mol. The number of pyridine rings is 1. The van der Waals surface area contributed by atoms with E-state index in [1.165, 1.54) is 32.1 Å². The van der Waals surface area contributed by atoms with Crippen LogP contribution in [0.2, 0.25) is 0 Å². The molecule has 2 heterocycles. The van der Waals surface area contributed by atoms with Crippen molar-refractivity contribution < 1.29 is 4.79 Å². The van der Waals surface area contributed by atoms with Crippen molar-refractivity contribution in [3.05, 3.63) is 54.5 Å². The Bertz CT molecular complexity index is 944. The number of aromatic nitrogens is 2. The fraction of sp³-hybridized carbons (Fsp3) is 0.417. The lowest BCUT2D eigenvalue weighted by atomic mass is 9.94. The van der Waals surface area contributed by atoms with Crippen LogP contribution in [0.1, 0.15) is 37.7 Å². The fourth-order valence-electron chi connectivity index (χ4n) is 4.43. The average molecular weight is 391 g/mol. The Hall–Kier alpha value is -2.66. The summed E-state index contributed by atoms with van der Waals surface area (Å²) in [4.78, 5) is 22.5. The third-order valence-corrected chi connectivity index (χ3v) is 6.11. The fourth-order valence-corrected chi connectivity index (χ4v) is 4.43. The van der Waals surface area contributed by atoms with Crippen LogP contribution < -0.4 is 5.32 Å². The Labute approximate surface area is 172 Å². The summed E-state index contributed by atoms with van der Waals surface area (Å²) in [7, 11) is 2.18. The minimum absolute atomic E-state index is 0.0784. The number of amides is 1. The van der Waals surface area contributed by atoms with Crippen molar-refractivity contribution in [2.75, 3.05) is 20.1 Å². The molecule has 0 unspecified atom stereocenters. The SMILES string of the molecule is CN(CCNC(=O)Cc1c[nH]c2c(-c3cccnc3)cccc12)C1CCCCC1. The van der Waals surface area contributed by atoms with Crippen LogP contribution in [0, 0.1) is 0 Å². The van der Waals surface area contributed by atoms with Gasteiger partial charge in [0, 0.05) is 54.2 Å². The third kappa shape index (κ3) is 4.67. The van der Waals surface area contributed by atoms with Gasteiger partial charge < -0.3 is 15.2 Å². The van der Waals surface area contributed by atoms with Crippen molar-refractivity contribution in [1.29, 1.82) is 0 Å². The standard InChI is InChI=1S/C24H30N4O/c1-28(20-8-3-2-4-9-20)14-13-26-23(29)15-19-17-27-24-21(10-5-11-22(19)24)18-7-6-12-25-16-18/h5-7,10-12,16-17,20,27H,2-4,8-9,13-15H2,1H3,(H,26,29). The van der Waals surface area contributed by atoms with Crippen LogP contribution in [0.4, 0.5) is 0 Å². The van der Waals surface area contributed by atoms with Crippen LogP contribution in [-0.4, -0.2) is 47.0 Å². The van der Waals surface area contributed by atoms with Crippen LogP contribution in [-0.2, 0) is 11.2 Å². The van der Waals surface area contributed by atoms with Gasteiger partial charge in [-0.25, -0.2) is 0 Å². The molecular weight excluding hydrogens is 360 g/mol. The van der Waals surface area contributed by atoms with Crippen molar-refractivity contribution in [3.8, 4) is 11.1 Å². The zero-order valence-corrected chi connectivity index (χ0v) is 17.2. The van der Waals surface area contributed by atoms with E-state index in [1.807, 2.05) is 24.5 Å². The molecule has 3 aromatic rings. The van der Waals surface area contributed by atoms with E-state index in [0.717, 1.165) is 34.1 Å². The Morgan fingerprint density at radius 3 is 2.86 bits per heavy atom. The largest absolute Gasteiger partial charge is 0.360 e. The smallest absolute Gasteiger partial charge is 0.224 e. The van der Waals surface area contributed by atoms with E-state index in [9.17, 15) is 4.79 Å². The quantitative estimate of drug-likeness (QED) is 0.637. The topological polar surface area (TPSA) is 61.0 Å². The zero-order chi connectivity index (χ0) is 20.1. The van der Waals surface area contributed by atoms with Crippen LogP contribution in [0.5, 0.6) is 0 Å². The highest BCUT2D eigenvalue weighted by molar-refractivity contribution is 5.97. The lowest BCUT2D eigenvalue weighted by Crippen LogP contribution is -2.39. The summed E-state index contributed by atoms with van der Waals surface area (Å²) in [5, 5.41) is 4.20. The molecule has 4 rings (SSSR count). The van der Waals surface area contributed by atoms with Gasteiger partial charge in [-0.2, -0.15) is 0 Å². The minimum Gasteiger partial charge on any atom is -0.360 e. The van der Waals surface area contributed by atoms with Gasteiger partial charge in [-0.05, 0) is 31.5 Å². The number of fused-ring (bicyclic) bond motifs is 1. The average Bonchev–Trinajstić information content (AvgIpc) is 3.17. The first-order valence-electron chi connectivity index (χ1n) is 10.7. The third-order valence-electron chi connectivity index (χ3n) is 6.11. The number of benzene rings is 1. The number of H-pyrrole nitrogens is 1. The maximum absolute atomic E-state index is 12.5. The number of rotatable bonds is 7. The Kier molecular flexibility index (Phi) is 6.25. The summed E-state index contributed by atoms with van der Waals surface area (Å²) in [5.41, 5.74) is 4.27. The van der Waals surface area contributed by atoms with E-state index in [1.54, 1.807) is 6.20 Å². The van der Waals surface area contributed by atoms with E-state index >= 15 is 0 Å². The van der Waals surface area contributed by atoms with Gasteiger partial charge in [-0.3, -0.25) is 9.78 Å². The van der Waals surface area contributed by atoms with Gasteiger partial charge in [0.05, 0.1) is 11.9 Å². The Balaban J connectivity index is 1.36. The molecule has 29 heavy (non-hydrogen) atoms. The second kappa shape index (κ2) is 9.23. The molecule has 152 valence electrons. The van der Waals surface area contributed by atoms with Gasteiger partial charge in [0.25, 0.3) is 0 Å². The number of para-hydroxylation sites is 1. The van der Waals surface area contributed by atoms with Crippen molar-refractivity contribution in [3.63, 3.8) is 0 Å². The molecule has 1 aromatic carbocycles. The van der Waals surface area contributed by atoms with Gasteiger partial charge >= 0.3 is 0 Å². The number of aromatic amines is 1. The lowest BCUT2D eigenvalue weighted by Gasteiger charge is -2.31. The summed E-state index contributed by atoms with van der Waals surface area (Å²) in [6.45, 7) is 1.62. The monoisotopic (exact) mass is 390 g/mol. The van der Waals surface area contributed by atoms with E-state index in [-0.39, 0.29) is 5.91 Å². The van der Waals surface area contributed by atoms with Crippen LogP contribution in [0.3, 0.4) is 0 Å². The molecule has 1 saturated carbocycles. The molecule has 2 N–H and O–H groups in total. The van der Waals surface area contributed by atoms with Gasteiger partial charge in [0.2, 0.25) is 5.91 Å². The van der Waals surface area contributed by atoms with Crippen LogP contribution >= 0.6 is 0 Å². The second-order valence-electron chi connectivity index (χ2n) is 8.08. The van der Waals surface area contributed by atoms with Crippen LogP contribution in [0.15, 0.2) is 48.9 Å². The highest BCUT2D eigenvalue weighted by Gasteiger charge is 2.18. The lowest BCUT2D eigenvalue weighted by molar-refractivity contribution is -0.120. The van der Waals surface area contributed by atoms with Crippen LogP contribution in [0.25, 0.3) is 22.0 Å². The molecule has 0 aliphatic heterocycles. The van der Waals surface area contributed by atoms with Crippen molar-refractivity contribution in [2.24, 2.45) is 0 Å². The number of nitrogens with zero attached hydrogens (tertiary/aromatic N) is 2. The predicted octanol–water partition coefficient (Wildman–Crippen LogP) is 4.15. The number of nitrogens with one attached hydrogen (secondary N) is 2. The molecular formula is C24H30N4O. The van der Waals surface area contributed by atoms with Crippen molar-refractivity contribution in [1.82, 2.24) is 20.2 Å². The van der Waals surface area contributed by atoms with Gasteiger partial charge in [-0.15, -0.1) is 0 Å². The number of carbonyl (C=O) groups is 1. The number of hydrogen-bond donors (Lipinski definition) is 2. The highest BCUT2D eigenvalue weighted by atomic mass is 16.1.